The number of imide groups is 1. The first kappa shape index (κ1) is 20.9. The molecule has 7 heteroatoms. The van der Waals surface area contributed by atoms with Gasteiger partial charge in [-0.1, -0.05) is 0 Å². The molecule has 30 heavy (non-hydrogen) atoms. The zero-order valence-electron chi connectivity index (χ0n) is 16.8. The molecule has 0 bridgehead atoms. The lowest BCUT2D eigenvalue weighted by Crippen LogP contribution is -2.36. The zero-order chi connectivity index (χ0) is 21.1. The van der Waals surface area contributed by atoms with Crippen molar-refractivity contribution >= 4 is 51.4 Å². The first-order chi connectivity index (χ1) is 14.5. The highest BCUT2D eigenvalue weighted by Crippen LogP contribution is 2.27. The quantitative estimate of drug-likeness (QED) is 0.358. The largest absolute Gasteiger partial charge is 0.384 e. The number of amides is 2. The molecule has 2 aliphatic rings. The van der Waals surface area contributed by atoms with Gasteiger partial charge in [-0.2, -0.15) is 0 Å². The van der Waals surface area contributed by atoms with E-state index in [1.807, 2.05) is 24.3 Å². The lowest BCUT2D eigenvalue weighted by atomic mass is 9.95. The lowest BCUT2D eigenvalue weighted by Gasteiger charge is -2.33. The molecule has 0 spiro atoms. The van der Waals surface area contributed by atoms with Crippen LogP contribution in [0.1, 0.15) is 28.8 Å². The highest BCUT2D eigenvalue weighted by atomic mass is 127. The lowest BCUT2D eigenvalue weighted by molar-refractivity contribution is -0.114. The molecule has 2 aromatic carbocycles. The number of nitrogens with one attached hydrogen (secondary N) is 2. The summed E-state index contributed by atoms with van der Waals surface area (Å²) in [5.74, 6) is -0.0991. The summed E-state index contributed by atoms with van der Waals surface area (Å²) in [5, 5.41) is 5.60. The second-order valence-corrected chi connectivity index (χ2v) is 8.85. The van der Waals surface area contributed by atoms with Crippen LogP contribution in [0.4, 0.5) is 11.4 Å². The van der Waals surface area contributed by atoms with Crippen molar-refractivity contribution in [2.75, 3.05) is 37.0 Å². The van der Waals surface area contributed by atoms with Crippen molar-refractivity contribution in [1.82, 2.24) is 5.32 Å². The van der Waals surface area contributed by atoms with Gasteiger partial charge in [0.2, 0.25) is 0 Å². The molecule has 6 nitrogen and oxygen atoms in total. The molecule has 0 saturated carbocycles. The number of anilines is 2. The Morgan fingerprint density at radius 3 is 2.53 bits per heavy atom. The van der Waals surface area contributed by atoms with E-state index in [-0.39, 0.29) is 5.91 Å². The van der Waals surface area contributed by atoms with Crippen molar-refractivity contribution < 1.29 is 14.3 Å². The van der Waals surface area contributed by atoms with Crippen LogP contribution in [0, 0.1) is 9.49 Å². The van der Waals surface area contributed by atoms with E-state index >= 15 is 0 Å². The molecule has 2 aromatic rings. The number of nitrogens with zero attached hydrogens (tertiary/aromatic N) is 1. The minimum Gasteiger partial charge on any atom is -0.384 e. The summed E-state index contributed by atoms with van der Waals surface area (Å²) in [5.41, 5.74) is 3.70. The van der Waals surface area contributed by atoms with E-state index in [1.165, 1.54) is 5.69 Å². The van der Waals surface area contributed by atoms with Gasteiger partial charge in [0.05, 0.1) is 5.57 Å². The van der Waals surface area contributed by atoms with Crippen LogP contribution in [0.15, 0.2) is 48.7 Å². The average Bonchev–Trinajstić information content (AvgIpc) is 2.74. The highest BCUT2D eigenvalue weighted by molar-refractivity contribution is 14.1. The van der Waals surface area contributed by atoms with E-state index < -0.39 is 5.91 Å². The monoisotopic (exact) mass is 517 g/mol. The molecule has 0 atom stereocenters. The maximum atomic E-state index is 12.4. The Balaban J connectivity index is 1.46. The third-order valence-electron chi connectivity index (χ3n) is 5.62. The molecule has 0 radical (unpaired) electrons. The number of carbonyl (C=O) groups excluding carboxylic acids is 2. The minimum absolute atomic E-state index is 0.359. The van der Waals surface area contributed by atoms with Gasteiger partial charge in [-0.25, -0.2) is 0 Å². The van der Waals surface area contributed by atoms with Gasteiger partial charge in [-0.3, -0.25) is 14.9 Å². The number of piperidine rings is 1. The van der Waals surface area contributed by atoms with Crippen LogP contribution in [-0.4, -0.2) is 38.6 Å². The van der Waals surface area contributed by atoms with Crippen molar-refractivity contribution in [1.29, 1.82) is 0 Å². The standard InChI is InChI=1S/C23H24IN3O3/c1-30-14-15-8-10-27(11-9-15)18-5-3-17(4-6-18)25-13-21-20-12-16(24)2-7-19(20)22(28)26-23(21)29/h2-7,12-13,15,25H,8-11,14H2,1H3,(H,26,28,29). The fourth-order valence-electron chi connectivity index (χ4n) is 3.96. The Labute approximate surface area is 189 Å². The van der Waals surface area contributed by atoms with Crippen LogP contribution in [-0.2, 0) is 9.53 Å². The molecule has 2 aliphatic heterocycles. The van der Waals surface area contributed by atoms with E-state index in [2.05, 4.69) is 50.3 Å². The molecule has 0 aliphatic carbocycles. The van der Waals surface area contributed by atoms with Crippen LogP contribution in [0.2, 0.25) is 0 Å². The Morgan fingerprint density at radius 1 is 1.10 bits per heavy atom. The van der Waals surface area contributed by atoms with E-state index in [0.717, 1.165) is 41.8 Å². The zero-order valence-corrected chi connectivity index (χ0v) is 18.9. The number of fused-ring (bicyclic) bond motifs is 1. The van der Waals surface area contributed by atoms with Crippen LogP contribution < -0.4 is 15.5 Å². The van der Waals surface area contributed by atoms with E-state index in [1.54, 1.807) is 19.4 Å². The Morgan fingerprint density at radius 2 is 1.83 bits per heavy atom. The topological polar surface area (TPSA) is 70.7 Å². The molecule has 0 unspecified atom stereocenters. The molecule has 4 rings (SSSR count). The summed E-state index contributed by atoms with van der Waals surface area (Å²) in [6, 6.07) is 13.7. The van der Waals surface area contributed by atoms with Crippen molar-refractivity contribution in [3.05, 3.63) is 63.4 Å². The van der Waals surface area contributed by atoms with Crippen LogP contribution in [0.3, 0.4) is 0 Å². The Hall–Kier alpha value is -2.39. The average molecular weight is 517 g/mol. The summed E-state index contributed by atoms with van der Waals surface area (Å²) >= 11 is 2.18. The van der Waals surface area contributed by atoms with Gasteiger partial charge in [0.15, 0.2) is 0 Å². The molecule has 2 amide bonds. The fraction of sp³-hybridized carbons (Fsp3) is 0.304. The Kier molecular flexibility index (Phi) is 6.38. The number of halogens is 1. The summed E-state index contributed by atoms with van der Waals surface area (Å²) in [4.78, 5) is 26.8. The van der Waals surface area contributed by atoms with Gasteiger partial charge < -0.3 is 15.0 Å². The SMILES string of the molecule is COCC1CCN(c2ccc(NC=C3C(=O)NC(=O)c4ccc(I)cc43)cc2)CC1. The molecule has 1 fully saturated rings. The summed E-state index contributed by atoms with van der Waals surface area (Å²) in [7, 11) is 1.77. The van der Waals surface area contributed by atoms with Gasteiger partial charge in [-0.15, -0.1) is 0 Å². The van der Waals surface area contributed by atoms with Gasteiger partial charge in [0.25, 0.3) is 11.8 Å². The molecule has 156 valence electrons. The van der Waals surface area contributed by atoms with E-state index in [9.17, 15) is 9.59 Å². The number of rotatable bonds is 5. The first-order valence-electron chi connectivity index (χ1n) is 10.0. The van der Waals surface area contributed by atoms with Crippen LogP contribution in [0.5, 0.6) is 0 Å². The fourth-order valence-corrected chi connectivity index (χ4v) is 4.45. The summed E-state index contributed by atoms with van der Waals surface area (Å²) < 4.78 is 6.25. The van der Waals surface area contributed by atoms with Crippen molar-refractivity contribution in [2.24, 2.45) is 5.92 Å². The van der Waals surface area contributed by atoms with E-state index in [0.29, 0.717) is 22.6 Å². The molecular weight excluding hydrogens is 493 g/mol. The number of hydrogen-bond donors (Lipinski definition) is 2. The predicted molar refractivity (Wildman–Crippen MR) is 126 cm³/mol. The molecular formula is C23H24IN3O3. The molecule has 1 saturated heterocycles. The van der Waals surface area contributed by atoms with E-state index in [4.69, 9.17) is 4.74 Å². The molecule has 0 aromatic heterocycles. The maximum absolute atomic E-state index is 12.4. The van der Waals surface area contributed by atoms with Gasteiger partial charge in [0.1, 0.15) is 0 Å². The van der Waals surface area contributed by atoms with Crippen molar-refractivity contribution in [2.45, 2.75) is 12.8 Å². The third-order valence-corrected chi connectivity index (χ3v) is 6.29. The third kappa shape index (κ3) is 4.52. The maximum Gasteiger partial charge on any atom is 0.260 e. The Bertz CT molecular complexity index is 980. The second-order valence-electron chi connectivity index (χ2n) is 7.61. The first-order valence-corrected chi connectivity index (χ1v) is 11.1. The van der Waals surface area contributed by atoms with Crippen LogP contribution >= 0.6 is 22.6 Å². The summed E-state index contributed by atoms with van der Waals surface area (Å²) in [6.07, 6.45) is 3.96. The van der Waals surface area contributed by atoms with Crippen LogP contribution in [0.25, 0.3) is 5.57 Å². The second kappa shape index (κ2) is 9.18. The minimum atomic E-state index is -0.391. The molecule has 2 N–H and O–H groups in total. The number of ether oxygens (including phenoxy) is 1. The number of methoxy groups -OCH3 is 1. The molecule has 2 heterocycles. The summed E-state index contributed by atoms with van der Waals surface area (Å²) in [6.45, 7) is 2.91. The van der Waals surface area contributed by atoms with Crippen molar-refractivity contribution in [3.8, 4) is 0 Å². The number of hydrogen-bond acceptors (Lipinski definition) is 5. The number of carbonyl (C=O) groups is 2. The van der Waals surface area contributed by atoms with Crippen molar-refractivity contribution in [3.63, 3.8) is 0 Å². The predicted octanol–water partition coefficient (Wildman–Crippen LogP) is 3.88. The smallest absolute Gasteiger partial charge is 0.260 e. The van der Waals surface area contributed by atoms with Gasteiger partial charge in [0, 0.05) is 59.1 Å². The normalized spacial score (nSPS) is 18.3. The highest BCUT2D eigenvalue weighted by Gasteiger charge is 2.27. The number of benzene rings is 2. The van der Waals surface area contributed by atoms with Gasteiger partial charge >= 0.3 is 0 Å². The van der Waals surface area contributed by atoms with Gasteiger partial charge in [-0.05, 0) is 83.8 Å².